The first-order valence-corrected chi connectivity index (χ1v) is 9.99. The number of carbonyl (C=O) groups excluding carboxylic acids is 1. The smallest absolute Gasteiger partial charge is 0.225 e. The predicted octanol–water partition coefficient (Wildman–Crippen LogP) is 1.62. The molecule has 5 nitrogen and oxygen atoms in total. The summed E-state index contributed by atoms with van der Waals surface area (Å²) in [5.41, 5.74) is 0. The highest BCUT2D eigenvalue weighted by atomic mass is 16.3. The number of likely N-dealkylation sites (tertiary alicyclic amines) is 2. The van der Waals surface area contributed by atoms with Crippen LogP contribution in [-0.2, 0) is 4.79 Å². The summed E-state index contributed by atoms with van der Waals surface area (Å²) in [6, 6.07) is 0.107. The molecular formula is C19H34N2O3. The molecule has 2 aliphatic heterocycles. The first-order chi connectivity index (χ1) is 11.7. The molecule has 3 rings (SSSR count). The van der Waals surface area contributed by atoms with Gasteiger partial charge in [-0.2, -0.15) is 0 Å². The molecule has 1 saturated carbocycles. The van der Waals surface area contributed by atoms with Gasteiger partial charge in [-0.05, 0) is 44.4 Å². The van der Waals surface area contributed by atoms with Gasteiger partial charge in [0.25, 0.3) is 0 Å². The van der Waals surface area contributed by atoms with Crippen LogP contribution in [0.2, 0.25) is 0 Å². The van der Waals surface area contributed by atoms with Crippen LogP contribution in [-0.4, -0.2) is 70.9 Å². The number of rotatable bonds is 4. The second-order valence-electron chi connectivity index (χ2n) is 8.11. The van der Waals surface area contributed by atoms with Crippen molar-refractivity contribution in [1.82, 2.24) is 9.80 Å². The fourth-order valence-corrected chi connectivity index (χ4v) is 4.78. The molecule has 0 aromatic carbocycles. The molecule has 0 spiro atoms. The van der Waals surface area contributed by atoms with Gasteiger partial charge in [-0.15, -0.1) is 0 Å². The molecule has 0 aromatic heterocycles. The van der Waals surface area contributed by atoms with Gasteiger partial charge in [0.1, 0.15) is 0 Å². The third-order valence-electron chi connectivity index (χ3n) is 6.39. The molecule has 3 aliphatic rings. The van der Waals surface area contributed by atoms with Gasteiger partial charge in [0, 0.05) is 38.1 Å². The highest BCUT2D eigenvalue weighted by Gasteiger charge is 2.32. The molecule has 2 heterocycles. The molecule has 5 heteroatoms. The quantitative estimate of drug-likeness (QED) is 0.818. The number of carbonyl (C=O) groups is 1. The van der Waals surface area contributed by atoms with Crippen molar-refractivity contribution in [2.24, 2.45) is 11.8 Å². The number of amides is 1. The Balaban J connectivity index is 1.44. The summed E-state index contributed by atoms with van der Waals surface area (Å²) in [5, 5.41) is 19.3. The second-order valence-corrected chi connectivity index (χ2v) is 8.11. The Kier molecular flexibility index (Phi) is 6.53. The van der Waals surface area contributed by atoms with Crippen LogP contribution in [0.4, 0.5) is 0 Å². The first-order valence-electron chi connectivity index (χ1n) is 9.99. The van der Waals surface area contributed by atoms with Gasteiger partial charge >= 0.3 is 0 Å². The highest BCUT2D eigenvalue weighted by Crippen LogP contribution is 2.28. The number of piperidine rings is 2. The van der Waals surface area contributed by atoms with Crippen molar-refractivity contribution in [2.45, 2.75) is 69.9 Å². The molecule has 2 saturated heterocycles. The van der Waals surface area contributed by atoms with Gasteiger partial charge in [0.15, 0.2) is 0 Å². The van der Waals surface area contributed by atoms with Gasteiger partial charge in [-0.1, -0.05) is 19.3 Å². The van der Waals surface area contributed by atoms with E-state index in [1.54, 1.807) is 0 Å². The summed E-state index contributed by atoms with van der Waals surface area (Å²) in [4.78, 5) is 17.1. The van der Waals surface area contributed by atoms with Crippen molar-refractivity contribution in [2.75, 3.05) is 32.8 Å². The Morgan fingerprint density at radius 2 is 1.67 bits per heavy atom. The van der Waals surface area contributed by atoms with Gasteiger partial charge in [-0.3, -0.25) is 9.69 Å². The molecule has 3 fully saturated rings. The molecule has 138 valence electrons. The fourth-order valence-electron chi connectivity index (χ4n) is 4.78. The Morgan fingerprint density at radius 3 is 2.33 bits per heavy atom. The van der Waals surface area contributed by atoms with Crippen LogP contribution in [0.15, 0.2) is 0 Å². The van der Waals surface area contributed by atoms with Crippen LogP contribution in [0, 0.1) is 11.8 Å². The number of nitrogens with zero attached hydrogens (tertiary/aromatic N) is 2. The Hall–Kier alpha value is -0.650. The lowest BCUT2D eigenvalue weighted by Gasteiger charge is -2.41. The number of aliphatic hydroxyl groups is 2. The van der Waals surface area contributed by atoms with Crippen LogP contribution in [0.25, 0.3) is 0 Å². The molecule has 2 N–H and O–H groups in total. The second kappa shape index (κ2) is 8.63. The Morgan fingerprint density at radius 1 is 0.958 bits per heavy atom. The van der Waals surface area contributed by atoms with E-state index in [0.29, 0.717) is 18.2 Å². The monoisotopic (exact) mass is 338 g/mol. The summed E-state index contributed by atoms with van der Waals surface area (Å²) in [6.07, 6.45) is 9.32. The van der Waals surface area contributed by atoms with Crippen LogP contribution < -0.4 is 0 Å². The molecule has 2 unspecified atom stereocenters. The average molecular weight is 338 g/mol. The summed E-state index contributed by atoms with van der Waals surface area (Å²) < 4.78 is 0. The maximum Gasteiger partial charge on any atom is 0.225 e. The zero-order valence-electron chi connectivity index (χ0n) is 14.9. The van der Waals surface area contributed by atoms with E-state index in [9.17, 15) is 15.0 Å². The zero-order chi connectivity index (χ0) is 16.9. The van der Waals surface area contributed by atoms with Crippen molar-refractivity contribution >= 4 is 5.91 Å². The minimum atomic E-state index is -0.256. The summed E-state index contributed by atoms with van der Waals surface area (Å²) in [5.74, 6) is 1.31. The number of aliphatic hydroxyl groups excluding tert-OH is 2. The van der Waals surface area contributed by atoms with Crippen molar-refractivity contribution in [3.05, 3.63) is 0 Å². The van der Waals surface area contributed by atoms with E-state index >= 15 is 0 Å². The minimum Gasteiger partial charge on any atom is -0.395 e. The standard InChI is InChI=1S/C19H34N2O3/c22-14-17-12-18(23)8-11-21(17)13-15-6-9-20(10-7-15)19(24)16-4-2-1-3-5-16/h15-18,22-23H,1-14H2. The summed E-state index contributed by atoms with van der Waals surface area (Å²) >= 11 is 0. The summed E-state index contributed by atoms with van der Waals surface area (Å²) in [7, 11) is 0. The molecule has 0 radical (unpaired) electrons. The van der Waals surface area contributed by atoms with Gasteiger partial charge < -0.3 is 15.1 Å². The van der Waals surface area contributed by atoms with E-state index in [1.807, 2.05) is 0 Å². The molecule has 0 bridgehead atoms. The van der Waals surface area contributed by atoms with E-state index in [2.05, 4.69) is 9.80 Å². The van der Waals surface area contributed by atoms with Crippen LogP contribution in [0.3, 0.4) is 0 Å². The topological polar surface area (TPSA) is 64.0 Å². The van der Waals surface area contributed by atoms with Crippen molar-refractivity contribution < 1.29 is 15.0 Å². The van der Waals surface area contributed by atoms with Crippen molar-refractivity contribution in [3.63, 3.8) is 0 Å². The maximum atomic E-state index is 12.6. The molecule has 2 atom stereocenters. The lowest BCUT2D eigenvalue weighted by atomic mass is 9.87. The predicted molar refractivity (Wildman–Crippen MR) is 93.6 cm³/mol. The SMILES string of the molecule is O=C(C1CCCCC1)N1CCC(CN2CCC(O)CC2CO)CC1. The maximum absolute atomic E-state index is 12.6. The van der Waals surface area contributed by atoms with E-state index in [4.69, 9.17) is 0 Å². The Bertz CT molecular complexity index is 403. The fraction of sp³-hybridized carbons (Fsp3) is 0.947. The van der Waals surface area contributed by atoms with Gasteiger partial charge in [0.2, 0.25) is 5.91 Å². The van der Waals surface area contributed by atoms with E-state index < -0.39 is 0 Å². The lowest BCUT2D eigenvalue weighted by Crippen LogP contribution is -2.50. The van der Waals surface area contributed by atoms with Crippen molar-refractivity contribution in [3.8, 4) is 0 Å². The van der Waals surface area contributed by atoms with Crippen molar-refractivity contribution in [1.29, 1.82) is 0 Å². The molecule has 0 aromatic rings. The third kappa shape index (κ3) is 4.50. The Labute approximate surface area is 146 Å². The minimum absolute atomic E-state index is 0.107. The first kappa shape index (κ1) is 18.2. The van der Waals surface area contributed by atoms with E-state index in [0.717, 1.165) is 58.3 Å². The van der Waals surface area contributed by atoms with Gasteiger partial charge in [0.05, 0.1) is 12.7 Å². The molecular weight excluding hydrogens is 304 g/mol. The zero-order valence-corrected chi connectivity index (χ0v) is 14.9. The summed E-state index contributed by atoms with van der Waals surface area (Å²) in [6.45, 7) is 3.83. The average Bonchev–Trinajstić information content (AvgIpc) is 2.64. The molecule has 1 amide bonds. The normalized spacial score (nSPS) is 31.3. The van der Waals surface area contributed by atoms with Crippen LogP contribution in [0.5, 0.6) is 0 Å². The van der Waals surface area contributed by atoms with Gasteiger partial charge in [-0.25, -0.2) is 0 Å². The number of hydrogen-bond acceptors (Lipinski definition) is 4. The van der Waals surface area contributed by atoms with Crippen LogP contribution >= 0.6 is 0 Å². The number of hydrogen-bond donors (Lipinski definition) is 2. The lowest BCUT2D eigenvalue weighted by molar-refractivity contribution is -0.138. The molecule has 24 heavy (non-hydrogen) atoms. The third-order valence-corrected chi connectivity index (χ3v) is 6.39. The van der Waals surface area contributed by atoms with E-state index in [-0.39, 0.29) is 24.7 Å². The van der Waals surface area contributed by atoms with Crippen LogP contribution in [0.1, 0.15) is 57.8 Å². The highest BCUT2D eigenvalue weighted by molar-refractivity contribution is 5.79. The molecule has 1 aliphatic carbocycles. The largest absolute Gasteiger partial charge is 0.395 e. The van der Waals surface area contributed by atoms with E-state index in [1.165, 1.54) is 19.3 Å².